The molecule has 0 unspecified atom stereocenters. The summed E-state index contributed by atoms with van der Waals surface area (Å²) in [4.78, 5) is 4.29. The Bertz CT molecular complexity index is 341. The second-order valence-electron chi connectivity index (χ2n) is 4.55. The lowest BCUT2D eigenvalue weighted by atomic mass is 9.86. The van der Waals surface area contributed by atoms with Gasteiger partial charge in [0.25, 0.3) is 0 Å². The third-order valence-electron chi connectivity index (χ3n) is 3.27. The summed E-state index contributed by atoms with van der Waals surface area (Å²) in [5.74, 6) is 0.811. The molecule has 15 heavy (non-hydrogen) atoms. The van der Waals surface area contributed by atoms with Gasteiger partial charge in [0.15, 0.2) is 0 Å². The van der Waals surface area contributed by atoms with Crippen LogP contribution in [0.2, 0.25) is 0 Å². The second-order valence-corrected chi connectivity index (χ2v) is 5.30. The van der Waals surface area contributed by atoms with Gasteiger partial charge in [-0.25, -0.2) is 4.98 Å². The largest absolute Gasteiger partial charge is 0.396 e. The average Bonchev–Trinajstić information content (AvgIpc) is 2.76. The van der Waals surface area contributed by atoms with Crippen LogP contribution in [0.4, 0.5) is 5.13 Å². The monoisotopic (exact) mass is 227 g/mol. The van der Waals surface area contributed by atoms with Gasteiger partial charge < -0.3 is 10.4 Å². The topological polar surface area (TPSA) is 58.0 Å². The number of nitrogens with zero attached hydrogens (tertiary/aromatic N) is 2. The molecule has 1 aromatic rings. The highest BCUT2D eigenvalue weighted by molar-refractivity contribution is 7.09. The van der Waals surface area contributed by atoms with E-state index in [0.717, 1.165) is 23.8 Å². The summed E-state index contributed by atoms with van der Waals surface area (Å²) in [6.45, 7) is 4.26. The third kappa shape index (κ3) is 2.13. The van der Waals surface area contributed by atoms with Crippen LogP contribution in [0.5, 0.6) is 0 Å². The molecule has 2 rings (SSSR count). The predicted octanol–water partition coefficient (Wildman–Crippen LogP) is 1.81. The number of aryl methyl sites for hydroxylation is 1. The van der Waals surface area contributed by atoms with Gasteiger partial charge in [-0.05, 0) is 19.8 Å². The lowest BCUT2D eigenvalue weighted by Crippen LogP contribution is -2.36. The molecule has 84 valence electrons. The first-order valence-corrected chi connectivity index (χ1v) is 6.09. The van der Waals surface area contributed by atoms with E-state index in [1.54, 1.807) is 0 Å². The van der Waals surface area contributed by atoms with Crippen LogP contribution >= 0.6 is 11.5 Å². The van der Waals surface area contributed by atoms with Crippen molar-refractivity contribution in [2.24, 2.45) is 5.41 Å². The van der Waals surface area contributed by atoms with Crippen molar-refractivity contribution >= 4 is 16.7 Å². The fraction of sp³-hybridized carbons (Fsp3) is 0.800. The van der Waals surface area contributed by atoms with Crippen molar-refractivity contribution in [1.29, 1.82) is 0 Å². The first kappa shape index (κ1) is 10.8. The van der Waals surface area contributed by atoms with Gasteiger partial charge in [0.1, 0.15) is 5.82 Å². The molecule has 1 aromatic heterocycles. The first-order valence-electron chi connectivity index (χ1n) is 5.32. The fourth-order valence-corrected chi connectivity index (χ4v) is 2.80. The number of rotatable bonds is 3. The van der Waals surface area contributed by atoms with Crippen LogP contribution in [-0.4, -0.2) is 27.1 Å². The van der Waals surface area contributed by atoms with E-state index in [1.165, 1.54) is 18.0 Å². The maximum atomic E-state index is 9.41. The number of anilines is 1. The van der Waals surface area contributed by atoms with E-state index >= 15 is 0 Å². The molecular weight excluding hydrogens is 210 g/mol. The average molecular weight is 227 g/mol. The van der Waals surface area contributed by atoms with Crippen molar-refractivity contribution in [3.63, 3.8) is 0 Å². The van der Waals surface area contributed by atoms with E-state index in [4.69, 9.17) is 0 Å². The molecule has 1 fully saturated rings. The molecule has 5 heteroatoms. The van der Waals surface area contributed by atoms with Crippen LogP contribution in [0.25, 0.3) is 0 Å². The Hall–Kier alpha value is -0.680. The predicted molar refractivity (Wildman–Crippen MR) is 61.1 cm³/mol. The molecular formula is C10H17N3OS. The zero-order valence-corrected chi connectivity index (χ0v) is 9.97. The molecule has 0 saturated heterocycles. The molecule has 2 atom stereocenters. The molecule has 0 bridgehead atoms. The van der Waals surface area contributed by atoms with E-state index in [-0.39, 0.29) is 12.0 Å². The summed E-state index contributed by atoms with van der Waals surface area (Å²) < 4.78 is 4.14. The lowest BCUT2D eigenvalue weighted by Gasteiger charge is -2.29. The van der Waals surface area contributed by atoms with Crippen LogP contribution in [-0.2, 0) is 0 Å². The molecule has 1 aliphatic rings. The summed E-state index contributed by atoms with van der Waals surface area (Å²) in [7, 11) is 0. The molecule has 0 radical (unpaired) electrons. The molecule has 1 saturated carbocycles. The minimum atomic E-state index is -0.000422. The Morgan fingerprint density at radius 1 is 1.67 bits per heavy atom. The summed E-state index contributed by atoms with van der Waals surface area (Å²) in [5.41, 5.74) is -0.000422. The first-order chi connectivity index (χ1) is 7.14. The Morgan fingerprint density at radius 3 is 3.07 bits per heavy atom. The number of hydrogen-bond acceptors (Lipinski definition) is 5. The Balaban J connectivity index is 2.05. The van der Waals surface area contributed by atoms with Crippen molar-refractivity contribution in [2.45, 2.75) is 39.2 Å². The van der Waals surface area contributed by atoms with Crippen LogP contribution in [0, 0.1) is 12.3 Å². The fourth-order valence-electron chi connectivity index (χ4n) is 2.17. The van der Waals surface area contributed by atoms with Crippen molar-refractivity contribution in [2.75, 3.05) is 11.9 Å². The van der Waals surface area contributed by atoms with Crippen LogP contribution in [0.3, 0.4) is 0 Å². The van der Waals surface area contributed by atoms with Crippen LogP contribution in [0.15, 0.2) is 0 Å². The molecule has 2 N–H and O–H groups in total. The van der Waals surface area contributed by atoms with Gasteiger partial charge in [-0.1, -0.05) is 13.3 Å². The van der Waals surface area contributed by atoms with Gasteiger partial charge in [0.2, 0.25) is 5.13 Å². The number of aliphatic hydroxyl groups excluding tert-OH is 1. The minimum absolute atomic E-state index is 0.000422. The van der Waals surface area contributed by atoms with Crippen molar-refractivity contribution in [3.8, 4) is 0 Å². The zero-order chi connectivity index (χ0) is 10.9. The van der Waals surface area contributed by atoms with Gasteiger partial charge in [-0.2, -0.15) is 4.37 Å². The Labute approximate surface area is 93.9 Å². The summed E-state index contributed by atoms with van der Waals surface area (Å²) >= 11 is 1.39. The number of nitrogens with one attached hydrogen (secondary N) is 1. The quantitative estimate of drug-likeness (QED) is 0.827. The van der Waals surface area contributed by atoms with E-state index in [2.05, 4.69) is 21.6 Å². The highest BCUT2D eigenvalue weighted by atomic mass is 32.1. The smallest absolute Gasteiger partial charge is 0.202 e. The van der Waals surface area contributed by atoms with E-state index < -0.39 is 0 Å². The maximum absolute atomic E-state index is 9.41. The van der Waals surface area contributed by atoms with Crippen LogP contribution in [0.1, 0.15) is 32.0 Å². The zero-order valence-electron chi connectivity index (χ0n) is 9.16. The van der Waals surface area contributed by atoms with Gasteiger partial charge in [0, 0.05) is 23.0 Å². The highest BCUT2D eigenvalue weighted by Gasteiger charge is 2.38. The summed E-state index contributed by atoms with van der Waals surface area (Å²) in [6.07, 6.45) is 3.36. The Kier molecular flexibility index (Phi) is 2.93. The standard InChI is InChI=1S/C10H17N3OS/c1-7-11-9(15-13-7)12-8-4-3-5-10(8,2)6-14/h8,14H,3-6H2,1-2H3,(H,11,12,13)/t8-,10+/m1/s1. The molecule has 4 nitrogen and oxygen atoms in total. The van der Waals surface area contributed by atoms with Gasteiger partial charge in [0.05, 0.1) is 6.61 Å². The Morgan fingerprint density at radius 2 is 2.47 bits per heavy atom. The molecule has 0 amide bonds. The maximum Gasteiger partial charge on any atom is 0.202 e. The van der Waals surface area contributed by atoms with Gasteiger partial charge >= 0.3 is 0 Å². The number of aromatic nitrogens is 2. The number of hydrogen-bond donors (Lipinski definition) is 2. The van der Waals surface area contributed by atoms with E-state index in [9.17, 15) is 5.11 Å². The molecule has 1 heterocycles. The number of aliphatic hydroxyl groups is 1. The molecule has 1 aliphatic carbocycles. The van der Waals surface area contributed by atoms with Crippen molar-refractivity contribution in [3.05, 3.63) is 5.82 Å². The minimum Gasteiger partial charge on any atom is -0.396 e. The van der Waals surface area contributed by atoms with Gasteiger partial charge in [-0.15, -0.1) is 0 Å². The summed E-state index contributed by atoms with van der Waals surface area (Å²) in [6, 6.07) is 0.329. The van der Waals surface area contributed by atoms with Gasteiger partial charge in [-0.3, -0.25) is 0 Å². The molecule has 0 spiro atoms. The van der Waals surface area contributed by atoms with E-state index in [1.807, 2.05) is 6.92 Å². The van der Waals surface area contributed by atoms with Crippen molar-refractivity contribution in [1.82, 2.24) is 9.36 Å². The van der Waals surface area contributed by atoms with Crippen LogP contribution < -0.4 is 5.32 Å². The third-order valence-corrected chi connectivity index (χ3v) is 4.01. The summed E-state index contributed by atoms with van der Waals surface area (Å²) in [5, 5.41) is 13.7. The van der Waals surface area contributed by atoms with Crippen molar-refractivity contribution < 1.29 is 5.11 Å². The SMILES string of the molecule is Cc1nsc(N[C@@H]2CCC[C@@]2(C)CO)n1. The second kappa shape index (κ2) is 4.06. The lowest BCUT2D eigenvalue weighted by molar-refractivity contribution is 0.139. The molecule has 0 aromatic carbocycles. The molecule has 0 aliphatic heterocycles. The normalized spacial score (nSPS) is 30.7. The van der Waals surface area contributed by atoms with E-state index in [0.29, 0.717) is 6.04 Å². The highest BCUT2D eigenvalue weighted by Crippen LogP contribution is 2.39.